The molecule has 2 aromatic carbocycles. The van der Waals surface area contributed by atoms with Gasteiger partial charge in [0.15, 0.2) is 0 Å². The van der Waals surface area contributed by atoms with Gasteiger partial charge in [-0.1, -0.05) is 0 Å². The number of anilines is 4. The van der Waals surface area contributed by atoms with Crippen molar-refractivity contribution in [2.45, 2.75) is 38.8 Å². The third-order valence-electron chi connectivity index (χ3n) is 8.04. The molecule has 0 bridgehead atoms. The van der Waals surface area contributed by atoms with Gasteiger partial charge in [-0.05, 0) is 80.6 Å². The Morgan fingerprint density at radius 2 is 1.58 bits per heavy atom. The molecule has 8 nitrogen and oxygen atoms in total. The van der Waals surface area contributed by atoms with Crippen LogP contribution in [0.4, 0.5) is 27.5 Å². The van der Waals surface area contributed by atoms with Gasteiger partial charge in [0, 0.05) is 81.5 Å². The average molecular weight is 493 g/mol. The van der Waals surface area contributed by atoms with Gasteiger partial charge < -0.3 is 26.0 Å². The van der Waals surface area contributed by atoms with E-state index in [-0.39, 0.29) is 6.03 Å². The van der Waals surface area contributed by atoms with E-state index < -0.39 is 5.72 Å². The van der Waals surface area contributed by atoms with Crippen molar-refractivity contribution in [3.05, 3.63) is 48.0 Å². The Hall–Kier alpha value is -2.97. The van der Waals surface area contributed by atoms with Crippen LogP contribution in [0.5, 0.6) is 0 Å². The third-order valence-corrected chi connectivity index (χ3v) is 8.04. The lowest BCUT2D eigenvalue weighted by Gasteiger charge is -2.40. The number of nitrogens with two attached hydrogens (primary N) is 1. The van der Waals surface area contributed by atoms with Crippen LogP contribution in [0.2, 0.25) is 0 Å². The fraction of sp³-hybridized carbons (Fsp3) is 0.536. The highest BCUT2D eigenvalue weighted by molar-refractivity contribution is 5.94. The topological polar surface area (TPSA) is 88.3 Å². The summed E-state index contributed by atoms with van der Waals surface area (Å²) in [6.07, 6.45) is 2.98. The minimum Gasteiger partial charge on any atom is -0.399 e. The molecule has 2 amide bonds. The van der Waals surface area contributed by atoms with Gasteiger partial charge in [0.2, 0.25) is 0 Å². The molecule has 36 heavy (non-hydrogen) atoms. The number of nitrogen functional groups attached to an aromatic ring is 1. The fourth-order valence-corrected chi connectivity index (χ4v) is 5.77. The number of carbonyl (C=O) groups is 1. The van der Waals surface area contributed by atoms with Crippen LogP contribution >= 0.6 is 0 Å². The Balaban J connectivity index is 1.10. The van der Waals surface area contributed by atoms with E-state index in [1.54, 1.807) is 11.8 Å². The minimum absolute atomic E-state index is 0.241. The largest absolute Gasteiger partial charge is 0.399 e. The van der Waals surface area contributed by atoms with Crippen LogP contribution in [0, 0.1) is 12.8 Å². The maximum atomic E-state index is 12.5. The van der Waals surface area contributed by atoms with Crippen LogP contribution in [-0.4, -0.2) is 74.1 Å². The molecule has 0 radical (unpaired) electrons. The van der Waals surface area contributed by atoms with Gasteiger partial charge in [-0.15, -0.1) is 0 Å². The summed E-state index contributed by atoms with van der Waals surface area (Å²) in [5.74, 6) is 0.763. The van der Waals surface area contributed by atoms with Crippen molar-refractivity contribution in [1.29, 1.82) is 0 Å². The zero-order valence-corrected chi connectivity index (χ0v) is 21.6. The monoisotopic (exact) mass is 492 g/mol. The van der Waals surface area contributed by atoms with Gasteiger partial charge in [-0.2, -0.15) is 0 Å². The van der Waals surface area contributed by atoms with E-state index in [0.29, 0.717) is 13.0 Å². The molecule has 3 heterocycles. The summed E-state index contributed by atoms with van der Waals surface area (Å²) >= 11 is 0. The van der Waals surface area contributed by atoms with E-state index in [9.17, 15) is 9.90 Å². The van der Waals surface area contributed by atoms with Crippen molar-refractivity contribution in [3.63, 3.8) is 0 Å². The summed E-state index contributed by atoms with van der Waals surface area (Å²) in [5, 5.41) is 12.8. The van der Waals surface area contributed by atoms with E-state index in [4.69, 9.17) is 5.73 Å². The minimum atomic E-state index is -1.13. The van der Waals surface area contributed by atoms with Crippen LogP contribution < -0.4 is 25.8 Å². The van der Waals surface area contributed by atoms with Gasteiger partial charge >= 0.3 is 6.03 Å². The first-order valence-electron chi connectivity index (χ1n) is 13.3. The Morgan fingerprint density at radius 1 is 0.944 bits per heavy atom. The standard InChI is InChI=1S/C28H40N6O2/c1-21-19-25(7-8-26(21)34-14-11-28(2,36)30-27(34)35)33-17-15-31(16-18-33)20-22-9-12-32(13-10-22)24-5-3-23(29)4-6-24/h3-8,19,22,36H,9-18,20,29H2,1-2H3,(H,30,35). The molecule has 5 rings (SSSR count). The number of amides is 2. The zero-order valence-electron chi connectivity index (χ0n) is 21.6. The quantitative estimate of drug-likeness (QED) is 0.556. The van der Waals surface area contributed by atoms with Crippen LogP contribution in [0.3, 0.4) is 0 Å². The number of urea groups is 1. The molecule has 3 aliphatic rings. The first-order valence-corrected chi connectivity index (χ1v) is 13.3. The highest BCUT2D eigenvalue weighted by atomic mass is 16.3. The molecular weight excluding hydrogens is 452 g/mol. The zero-order chi connectivity index (χ0) is 25.3. The number of hydrogen-bond donors (Lipinski definition) is 3. The highest BCUT2D eigenvalue weighted by Gasteiger charge is 2.33. The van der Waals surface area contributed by atoms with Gasteiger partial charge in [-0.25, -0.2) is 4.79 Å². The number of nitrogens with zero attached hydrogens (tertiary/aromatic N) is 4. The smallest absolute Gasteiger partial charge is 0.324 e. The number of hydrogen-bond acceptors (Lipinski definition) is 6. The normalized spacial score (nSPS) is 24.2. The molecule has 3 saturated heterocycles. The Morgan fingerprint density at radius 3 is 2.22 bits per heavy atom. The molecule has 1 unspecified atom stereocenters. The van der Waals surface area contributed by atoms with E-state index in [2.05, 4.69) is 51.2 Å². The molecule has 0 spiro atoms. The van der Waals surface area contributed by atoms with Gasteiger partial charge in [0.25, 0.3) is 0 Å². The molecule has 4 N–H and O–H groups in total. The lowest BCUT2D eigenvalue weighted by molar-refractivity contribution is 0.0221. The maximum absolute atomic E-state index is 12.5. The lowest BCUT2D eigenvalue weighted by atomic mass is 9.95. The molecule has 194 valence electrons. The second kappa shape index (κ2) is 10.2. The summed E-state index contributed by atoms with van der Waals surface area (Å²) in [5.41, 5.74) is 10.0. The number of piperazine rings is 1. The SMILES string of the molecule is Cc1cc(N2CCN(CC3CCN(c4ccc(N)cc4)CC3)CC2)ccc1N1CCC(C)(O)NC1=O. The summed E-state index contributed by atoms with van der Waals surface area (Å²) in [6, 6.07) is 14.4. The van der Waals surface area contributed by atoms with Crippen LogP contribution in [0.1, 0.15) is 31.7 Å². The van der Waals surface area contributed by atoms with Crippen molar-refractivity contribution >= 4 is 28.8 Å². The van der Waals surface area contributed by atoms with E-state index in [1.165, 1.54) is 30.8 Å². The van der Waals surface area contributed by atoms with Crippen LogP contribution in [-0.2, 0) is 0 Å². The Kier molecular flexibility index (Phi) is 6.99. The van der Waals surface area contributed by atoms with Crippen molar-refractivity contribution in [1.82, 2.24) is 10.2 Å². The predicted molar refractivity (Wildman–Crippen MR) is 147 cm³/mol. The molecule has 0 aliphatic carbocycles. The van der Waals surface area contributed by atoms with Crippen LogP contribution in [0.25, 0.3) is 0 Å². The number of nitrogens with one attached hydrogen (secondary N) is 1. The molecular formula is C28H40N6O2. The number of aliphatic hydroxyl groups is 1. The van der Waals surface area contributed by atoms with Crippen molar-refractivity contribution < 1.29 is 9.90 Å². The molecule has 0 saturated carbocycles. The number of carbonyl (C=O) groups excluding carboxylic acids is 1. The second-order valence-electron chi connectivity index (χ2n) is 10.9. The predicted octanol–water partition coefficient (Wildman–Crippen LogP) is 3.24. The summed E-state index contributed by atoms with van der Waals surface area (Å²) in [6.45, 7) is 11.9. The Bertz CT molecular complexity index is 1060. The summed E-state index contributed by atoms with van der Waals surface area (Å²) in [7, 11) is 0. The van der Waals surface area contributed by atoms with Gasteiger partial charge in [0.05, 0.1) is 0 Å². The number of piperidine rings is 1. The second-order valence-corrected chi connectivity index (χ2v) is 10.9. The first-order chi connectivity index (χ1) is 17.3. The maximum Gasteiger partial charge on any atom is 0.324 e. The Labute approximate surface area is 214 Å². The molecule has 8 heteroatoms. The molecule has 2 aromatic rings. The van der Waals surface area contributed by atoms with Crippen molar-refractivity contribution in [2.24, 2.45) is 5.92 Å². The first kappa shape index (κ1) is 24.7. The molecule has 1 atom stereocenters. The van der Waals surface area contributed by atoms with Crippen molar-refractivity contribution in [2.75, 3.05) is 72.8 Å². The van der Waals surface area contributed by atoms with Gasteiger partial charge in [-0.3, -0.25) is 9.80 Å². The lowest BCUT2D eigenvalue weighted by Crippen LogP contribution is -2.58. The average Bonchev–Trinajstić information content (AvgIpc) is 2.86. The highest BCUT2D eigenvalue weighted by Crippen LogP contribution is 2.30. The third kappa shape index (κ3) is 5.55. The molecule has 0 aromatic heterocycles. The van der Waals surface area contributed by atoms with E-state index in [0.717, 1.165) is 62.1 Å². The summed E-state index contributed by atoms with van der Waals surface area (Å²) < 4.78 is 0. The van der Waals surface area contributed by atoms with Gasteiger partial charge in [0.1, 0.15) is 5.72 Å². The van der Waals surface area contributed by atoms with Crippen LogP contribution in [0.15, 0.2) is 42.5 Å². The number of rotatable bonds is 5. The van der Waals surface area contributed by atoms with E-state index in [1.807, 2.05) is 18.2 Å². The van der Waals surface area contributed by atoms with E-state index >= 15 is 0 Å². The fourth-order valence-electron chi connectivity index (χ4n) is 5.77. The number of benzene rings is 2. The van der Waals surface area contributed by atoms with Crippen molar-refractivity contribution in [3.8, 4) is 0 Å². The molecule has 3 aliphatic heterocycles. The summed E-state index contributed by atoms with van der Waals surface area (Å²) in [4.78, 5) is 21.8. The molecule has 3 fully saturated rings. The number of aryl methyl sites for hydroxylation is 1.